The van der Waals surface area contributed by atoms with Crippen molar-refractivity contribution in [3.05, 3.63) is 70.9 Å². The minimum Gasteiger partial charge on any atom is -0.356 e. The predicted octanol–water partition coefficient (Wildman–Crippen LogP) is 3.80. The van der Waals surface area contributed by atoms with Crippen LogP contribution in [0, 0.1) is 5.92 Å². The molecule has 1 aromatic heterocycles. The molecule has 0 aliphatic carbocycles. The third kappa shape index (κ3) is 2.76. The minimum absolute atomic E-state index is 0.0566. The number of rotatable bonds is 4. The molecule has 0 spiro atoms. The van der Waals surface area contributed by atoms with Crippen molar-refractivity contribution in [3.8, 4) is 0 Å². The average molecular weight is 387 g/mol. The molecule has 0 saturated heterocycles. The van der Waals surface area contributed by atoms with Gasteiger partial charge in [0.1, 0.15) is 6.04 Å². The SMILES string of the molecule is CC(C)CCNC(=O)[C@@H]1Cc2c([nH]c3ccccc23)C2c3ccccc3C(=O)N21. The van der Waals surface area contributed by atoms with Crippen molar-refractivity contribution < 1.29 is 9.59 Å². The van der Waals surface area contributed by atoms with Gasteiger partial charge in [0.25, 0.3) is 5.91 Å². The number of para-hydroxylation sites is 1. The van der Waals surface area contributed by atoms with Crippen LogP contribution in [0.4, 0.5) is 0 Å². The van der Waals surface area contributed by atoms with E-state index in [-0.39, 0.29) is 17.9 Å². The Hall–Kier alpha value is -3.08. The largest absolute Gasteiger partial charge is 0.356 e. The summed E-state index contributed by atoms with van der Waals surface area (Å²) in [6, 6.07) is 15.2. The molecule has 0 fully saturated rings. The predicted molar refractivity (Wildman–Crippen MR) is 113 cm³/mol. The van der Waals surface area contributed by atoms with Gasteiger partial charge in [-0.15, -0.1) is 0 Å². The molecule has 5 heteroatoms. The zero-order chi connectivity index (χ0) is 20.1. The van der Waals surface area contributed by atoms with Gasteiger partial charge in [-0.25, -0.2) is 0 Å². The smallest absolute Gasteiger partial charge is 0.255 e. The molecule has 148 valence electrons. The lowest BCUT2D eigenvalue weighted by atomic mass is 9.90. The van der Waals surface area contributed by atoms with Crippen LogP contribution in [-0.4, -0.2) is 34.3 Å². The van der Waals surface area contributed by atoms with Crippen molar-refractivity contribution >= 4 is 22.7 Å². The van der Waals surface area contributed by atoms with Crippen LogP contribution < -0.4 is 5.32 Å². The van der Waals surface area contributed by atoms with Crippen LogP contribution in [0.1, 0.15) is 53.5 Å². The lowest BCUT2D eigenvalue weighted by Crippen LogP contribution is -2.52. The lowest BCUT2D eigenvalue weighted by molar-refractivity contribution is -0.126. The van der Waals surface area contributed by atoms with Gasteiger partial charge in [-0.05, 0) is 35.6 Å². The number of hydrogen-bond donors (Lipinski definition) is 2. The van der Waals surface area contributed by atoms with Gasteiger partial charge < -0.3 is 15.2 Å². The molecule has 29 heavy (non-hydrogen) atoms. The van der Waals surface area contributed by atoms with Crippen molar-refractivity contribution in [1.82, 2.24) is 15.2 Å². The fourth-order valence-corrected chi connectivity index (χ4v) is 4.74. The Bertz CT molecular complexity index is 1110. The van der Waals surface area contributed by atoms with E-state index in [1.54, 1.807) is 4.90 Å². The Labute approximate surface area is 170 Å². The number of fused-ring (bicyclic) bond motifs is 7. The van der Waals surface area contributed by atoms with Crippen LogP contribution in [0.2, 0.25) is 0 Å². The molecular weight excluding hydrogens is 362 g/mol. The van der Waals surface area contributed by atoms with Gasteiger partial charge in [0.15, 0.2) is 0 Å². The minimum atomic E-state index is -0.501. The van der Waals surface area contributed by atoms with Gasteiger partial charge >= 0.3 is 0 Å². The third-order valence-corrected chi connectivity index (χ3v) is 6.18. The Kier molecular flexibility index (Phi) is 4.19. The summed E-state index contributed by atoms with van der Waals surface area (Å²) in [4.78, 5) is 31.8. The standard InChI is InChI=1S/C24H25N3O2/c1-14(2)11-12-25-23(28)20-13-18-15-7-5-6-10-19(15)26-21(18)22-16-8-3-4-9-17(16)24(29)27(20)22/h3-10,14,20,22,26H,11-13H2,1-2H3,(H,25,28)/t20-,22?/m0/s1. The number of aromatic amines is 1. The average Bonchev–Trinajstić information content (AvgIpc) is 3.23. The summed E-state index contributed by atoms with van der Waals surface area (Å²) >= 11 is 0. The van der Waals surface area contributed by atoms with E-state index in [1.807, 2.05) is 36.4 Å². The molecular formula is C24H25N3O2. The van der Waals surface area contributed by atoms with E-state index in [2.05, 4.69) is 36.3 Å². The number of nitrogens with one attached hydrogen (secondary N) is 2. The summed E-state index contributed by atoms with van der Waals surface area (Å²) in [5.41, 5.74) is 4.91. The Morgan fingerprint density at radius 3 is 2.76 bits per heavy atom. The second-order valence-electron chi connectivity index (χ2n) is 8.46. The van der Waals surface area contributed by atoms with Crippen LogP contribution in [0.15, 0.2) is 48.5 Å². The quantitative estimate of drug-likeness (QED) is 0.715. The van der Waals surface area contributed by atoms with Gasteiger partial charge in [0, 0.05) is 35.1 Å². The first kappa shape index (κ1) is 18.0. The topological polar surface area (TPSA) is 65.2 Å². The van der Waals surface area contributed by atoms with E-state index in [1.165, 1.54) is 0 Å². The highest BCUT2D eigenvalue weighted by molar-refractivity contribution is 6.03. The molecule has 3 aromatic rings. The molecule has 2 atom stereocenters. The molecule has 2 N–H and O–H groups in total. The normalized spacial score (nSPS) is 20.0. The Balaban J connectivity index is 1.61. The second-order valence-corrected chi connectivity index (χ2v) is 8.46. The van der Waals surface area contributed by atoms with E-state index in [0.29, 0.717) is 24.4 Å². The van der Waals surface area contributed by atoms with Crippen LogP contribution in [-0.2, 0) is 11.2 Å². The first-order valence-corrected chi connectivity index (χ1v) is 10.3. The van der Waals surface area contributed by atoms with Crippen molar-refractivity contribution in [2.24, 2.45) is 5.92 Å². The molecule has 1 unspecified atom stereocenters. The highest BCUT2D eigenvalue weighted by atomic mass is 16.2. The number of hydrogen-bond acceptors (Lipinski definition) is 2. The van der Waals surface area contributed by atoms with E-state index >= 15 is 0 Å². The highest BCUT2D eigenvalue weighted by Gasteiger charge is 2.48. The fraction of sp³-hybridized carbons (Fsp3) is 0.333. The number of benzene rings is 2. The van der Waals surface area contributed by atoms with E-state index in [0.717, 1.165) is 34.1 Å². The van der Waals surface area contributed by atoms with Crippen molar-refractivity contribution in [2.45, 2.75) is 38.8 Å². The monoisotopic (exact) mass is 387 g/mol. The van der Waals surface area contributed by atoms with E-state index in [4.69, 9.17) is 0 Å². The number of carbonyl (C=O) groups is 2. The van der Waals surface area contributed by atoms with Crippen LogP contribution >= 0.6 is 0 Å². The summed E-state index contributed by atoms with van der Waals surface area (Å²) in [6.45, 7) is 4.91. The van der Waals surface area contributed by atoms with Crippen LogP contribution in [0.25, 0.3) is 10.9 Å². The highest BCUT2D eigenvalue weighted by Crippen LogP contribution is 2.46. The van der Waals surface area contributed by atoms with Gasteiger partial charge in [0.05, 0.1) is 6.04 Å². The lowest BCUT2D eigenvalue weighted by Gasteiger charge is -2.37. The maximum Gasteiger partial charge on any atom is 0.255 e. The summed E-state index contributed by atoms with van der Waals surface area (Å²) in [7, 11) is 0. The van der Waals surface area contributed by atoms with Crippen LogP contribution in [0.3, 0.4) is 0 Å². The molecule has 0 saturated carbocycles. The molecule has 3 heterocycles. The second kappa shape index (κ2) is 6.76. The summed E-state index contributed by atoms with van der Waals surface area (Å²) in [6.07, 6.45) is 1.46. The van der Waals surface area contributed by atoms with Crippen molar-refractivity contribution in [1.29, 1.82) is 0 Å². The number of nitrogens with zero attached hydrogens (tertiary/aromatic N) is 1. The number of H-pyrrole nitrogens is 1. The zero-order valence-corrected chi connectivity index (χ0v) is 16.7. The van der Waals surface area contributed by atoms with Gasteiger partial charge in [-0.2, -0.15) is 0 Å². The Morgan fingerprint density at radius 2 is 1.93 bits per heavy atom. The molecule has 2 aliphatic heterocycles. The molecule has 2 amide bonds. The number of carbonyl (C=O) groups excluding carboxylic acids is 2. The van der Waals surface area contributed by atoms with Crippen molar-refractivity contribution in [3.63, 3.8) is 0 Å². The van der Waals surface area contributed by atoms with E-state index < -0.39 is 6.04 Å². The molecule has 2 aromatic carbocycles. The first-order valence-electron chi connectivity index (χ1n) is 10.3. The van der Waals surface area contributed by atoms with Gasteiger partial charge in [-0.1, -0.05) is 50.2 Å². The van der Waals surface area contributed by atoms with Gasteiger partial charge in [-0.3, -0.25) is 9.59 Å². The summed E-state index contributed by atoms with van der Waals surface area (Å²) < 4.78 is 0. The number of amides is 2. The maximum atomic E-state index is 13.3. The Morgan fingerprint density at radius 1 is 1.17 bits per heavy atom. The molecule has 5 nitrogen and oxygen atoms in total. The maximum absolute atomic E-state index is 13.3. The molecule has 0 radical (unpaired) electrons. The third-order valence-electron chi connectivity index (χ3n) is 6.18. The molecule has 2 aliphatic rings. The van der Waals surface area contributed by atoms with Crippen molar-refractivity contribution in [2.75, 3.05) is 6.54 Å². The number of aromatic nitrogens is 1. The van der Waals surface area contributed by atoms with Gasteiger partial charge in [0.2, 0.25) is 5.91 Å². The summed E-state index contributed by atoms with van der Waals surface area (Å²) in [5, 5.41) is 4.21. The fourth-order valence-electron chi connectivity index (χ4n) is 4.74. The van der Waals surface area contributed by atoms with Crippen LogP contribution in [0.5, 0.6) is 0 Å². The first-order chi connectivity index (χ1) is 14.1. The summed E-state index contributed by atoms with van der Waals surface area (Å²) in [5.74, 6) is 0.402. The molecule has 5 rings (SSSR count). The van der Waals surface area contributed by atoms with E-state index in [9.17, 15) is 9.59 Å². The zero-order valence-electron chi connectivity index (χ0n) is 16.7. The molecule has 0 bridgehead atoms.